The summed E-state index contributed by atoms with van der Waals surface area (Å²) < 4.78 is 12.9. The van der Waals surface area contributed by atoms with Crippen molar-refractivity contribution in [3.63, 3.8) is 0 Å². The van der Waals surface area contributed by atoms with Crippen LogP contribution in [0, 0.1) is 11.7 Å². The van der Waals surface area contributed by atoms with Gasteiger partial charge in [-0.15, -0.1) is 0 Å². The minimum Gasteiger partial charge on any atom is -0.382 e. The number of carbonyl (C=O) groups excluding carboxylic acids is 1. The molecule has 0 unspecified atom stereocenters. The predicted octanol–water partition coefficient (Wildman–Crippen LogP) is 3.33. The minimum atomic E-state index is -0.276. The number of rotatable bonds is 6. The van der Waals surface area contributed by atoms with Crippen molar-refractivity contribution in [3.8, 4) is 0 Å². The van der Waals surface area contributed by atoms with E-state index in [-0.39, 0.29) is 17.5 Å². The third kappa shape index (κ3) is 4.89. The zero-order valence-corrected chi connectivity index (χ0v) is 14.0. The highest BCUT2D eigenvalue weighted by Crippen LogP contribution is 2.28. The maximum absolute atomic E-state index is 12.9. The normalized spacial score (nSPS) is 14.4. The molecular formula is C18H22FN5O. The van der Waals surface area contributed by atoms with Crippen LogP contribution >= 0.6 is 0 Å². The molecule has 1 saturated carbocycles. The maximum Gasteiger partial charge on any atom is 0.225 e. The number of hydrogen-bond acceptors (Lipinski definition) is 5. The van der Waals surface area contributed by atoms with E-state index in [0.717, 1.165) is 18.4 Å². The molecule has 1 heterocycles. The van der Waals surface area contributed by atoms with Crippen molar-refractivity contribution >= 4 is 23.4 Å². The van der Waals surface area contributed by atoms with E-state index in [2.05, 4.69) is 20.6 Å². The molecular weight excluding hydrogens is 321 g/mol. The first-order valence-electron chi connectivity index (χ1n) is 8.51. The molecule has 1 amide bonds. The molecule has 7 heteroatoms. The van der Waals surface area contributed by atoms with Crippen LogP contribution in [0.15, 0.2) is 30.5 Å². The van der Waals surface area contributed by atoms with Gasteiger partial charge < -0.3 is 16.4 Å². The van der Waals surface area contributed by atoms with Gasteiger partial charge in [-0.25, -0.2) is 9.37 Å². The van der Waals surface area contributed by atoms with Crippen LogP contribution < -0.4 is 16.4 Å². The number of amides is 1. The molecule has 2 aromatic rings. The number of nitrogens with zero attached hydrogens (tertiary/aromatic N) is 2. The summed E-state index contributed by atoms with van der Waals surface area (Å²) in [6, 6.07) is 6.16. The molecule has 0 radical (unpaired) electrons. The van der Waals surface area contributed by atoms with Gasteiger partial charge >= 0.3 is 0 Å². The third-order valence-corrected chi connectivity index (χ3v) is 4.41. The van der Waals surface area contributed by atoms with E-state index in [4.69, 9.17) is 5.73 Å². The van der Waals surface area contributed by atoms with E-state index in [0.29, 0.717) is 30.5 Å². The number of nitrogens with two attached hydrogens (primary N) is 1. The SMILES string of the molecule is Nc1nc(NCc2ccc(F)cc2)ncc1NC(=O)CC1CCCC1. The Morgan fingerprint density at radius 1 is 1.24 bits per heavy atom. The van der Waals surface area contributed by atoms with Crippen LogP contribution in [0.1, 0.15) is 37.7 Å². The molecule has 3 rings (SSSR count). The minimum absolute atomic E-state index is 0.0470. The number of benzene rings is 1. The second-order valence-corrected chi connectivity index (χ2v) is 6.38. The Labute approximate surface area is 146 Å². The van der Waals surface area contributed by atoms with E-state index >= 15 is 0 Å². The quantitative estimate of drug-likeness (QED) is 0.748. The fraction of sp³-hybridized carbons (Fsp3) is 0.389. The fourth-order valence-electron chi connectivity index (χ4n) is 3.04. The van der Waals surface area contributed by atoms with Crippen LogP contribution in [0.3, 0.4) is 0 Å². The topological polar surface area (TPSA) is 92.9 Å². The molecule has 6 nitrogen and oxygen atoms in total. The van der Waals surface area contributed by atoms with Gasteiger partial charge in [0.25, 0.3) is 0 Å². The molecule has 132 valence electrons. The maximum atomic E-state index is 12.9. The number of carbonyl (C=O) groups is 1. The number of nitrogens with one attached hydrogen (secondary N) is 2. The Morgan fingerprint density at radius 2 is 1.96 bits per heavy atom. The lowest BCUT2D eigenvalue weighted by atomic mass is 10.0. The Balaban J connectivity index is 1.54. The molecule has 4 N–H and O–H groups in total. The Kier molecular flexibility index (Phi) is 5.42. The molecule has 1 aromatic heterocycles. The van der Waals surface area contributed by atoms with Crippen molar-refractivity contribution in [2.24, 2.45) is 5.92 Å². The molecule has 0 aliphatic heterocycles. The van der Waals surface area contributed by atoms with Crippen molar-refractivity contribution < 1.29 is 9.18 Å². The second-order valence-electron chi connectivity index (χ2n) is 6.38. The summed E-state index contributed by atoms with van der Waals surface area (Å²) in [4.78, 5) is 20.4. The summed E-state index contributed by atoms with van der Waals surface area (Å²) >= 11 is 0. The summed E-state index contributed by atoms with van der Waals surface area (Å²) in [6.45, 7) is 0.451. The highest BCUT2D eigenvalue weighted by molar-refractivity contribution is 5.93. The molecule has 25 heavy (non-hydrogen) atoms. The molecule has 1 fully saturated rings. The number of anilines is 3. The molecule has 0 spiro atoms. The zero-order chi connectivity index (χ0) is 17.6. The lowest BCUT2D eigenvalue weighted by molar-refractivity contribution is -0.117. The fourth-order valence-corrected chi connectivity index (χ4v) is 3.04. The third-order valence-electron chi connectivity index (χ3n) is 4.41. The standard InChI is InChI=1S/C18H22FN5O/c19-14-7-5-13(6-8-14)10-21-18-22-11-15(17(20)24-18)23-16(25)9-12-3-1-2-4-12/h5-8,11-12H,1-4,9-10H2,(H,23,25)(H3,20,21,22,24). The van der Waals surface area contributed by atoms with Crippen LogP contribution in [0.4, 0.5) is 21.8 Å². The Bertz CT molecular complexity index is 729. The number of halogens is 1. The van der Waals surface area contributed by atoms with Crippen LogP contribution in [-0.2, 0) is 11.3 Å². The van der Waals surface area contributed by atoms with Crippen molar-refractivity contribution in [1.82, 2.24) is 9.97 Å². The summed E-state index contributed by atoms with van der Waals surface area (Å²) in [5.74, 6) is 0.724. The largest absolute Gasteiger partial charge is 0.382 e. The molecule has 0 atom stereocenters. The summed E-state index contributed by atoms with van der Waals surface area (Å²) in [5, 5.41) is 5.81. The van der Waals surface area contributed by atoms with Crippen molar-refractivity contribution in [1.29, 1.82) is 0 Å². The number of aromatic nitrogens is 2. The lowest BCUT2D eigenvalue weighted by Gasteiger charge is -2.12. The van der Waals surface area contributed by atoms with Gasteiger partial charge in [0.05, 0.1) is 6.20 Å². The predicted molar refractivity (Wildman–Crippen MR) is 95.4 cm³/mol. The second kappa shape index (κ2) is 7.92. The summed E-state index contributed by atoms with van der Waals surface area (Å²) in [7, 11) is 0. The monoisotopic (exact) mass is 343 g/mol. The Hall–Kier alpha value is -2.70. The molecule has 1 aliphatic carbocycles. The average Bonchev–Trinajstić information content (AvgIpc) is 3.09. The van der Waals surface area contributed by atoms with Crippen molar-refractivity contribution in [2.45, 2.75) is 38.6 Å². The van der Waals surface area contributed by atoms with Gasteiger partial charge in [0.1, 0.15) is 11.5 Å². The van der Waals surface area contributed by atoms with E-state index in [1.54, 1.807) is 12.1 Å². The number of hydrogen-bond donors (Lipinski definition) is 3. The average molecular weight is 343 g/mol. The molecule has 0 saturated heterocycles. The van der Waals surface area contributed by atoms with Gasteiger partial charge in [0.15, 0.2) is 5.82 Å². The highest BCUT2D eigenvalue weighted by Gasteiger charge is 2.19. The zero-order valence-electron chi connectivity index (χ0n) is 14.0. The van der Waals surface area contributed by atoms with Crippen LogP contribution in [0.2, 0.25) is 0 Å². The van der Waals surface area contributed by atoms with E-state index in [1.807, 2.05) is 0 Å². The van der Waals surface area contributed by atoms with Gasteiger partial charge in [-0.05, 0) is 36.5 Å². The first-order chi connectivity index (χ1) is 12.1. The van der Waals surface area contributed by atoms with E-state index in [9.17, 15) is 9.18 Å². The van der Waals surface area contributed by atoms with Gasteiger partial charge in [-0.3, -0.25) is 4.79 Å². The van der Waals surface area contributed by atoms with Crippen molar-refractivity contribution in [3.05, 3.63) is 41.8 Å². The first-order valence-corrected chi connectivity index (χ1v) is 8.51. The van der Waals surface area contributed by atoms with Crippen LogP contribution in [-0.4, -0.2) is 15.9 Å². The van der Waals surface area contributed by atoms with Crippen LogP contribution in [0.5, 0.6) is 0 Å². The molecule has 1 aromatic carbocycles. The van der Waals surface area contributed by atoms with Gasteiger partial charge in [-0.1, -0.05) is 25.0 Å². The van der Waals surface area contributed by atoms with E-state index < -0.39 is 0 Å². The van der Waals surface area contributed by atoms with Gasteiger partial charge in [0.2, 0.25) is 11.9 Å². The van der Waals surface area contributed by atoms with Crippen LogP contribution in [0.25, 0.3) is 0 Å². The number of nitrogen functional groups attached to an aromatic ring is 1. The van der Waals surface area contributed by atoms with Gasteiger partial charge in [0, 0.05) is 13.0 Å². The smallest absolute Gasteiger partial charge is 0.225 e. The van der Waals surface area contributed by atoms with Crippen molar-refractivity contribution in [2.75, 3.05) is 16.4 Å². The lowest BCUT2D eigenvalue weighted by Crippen LogP contribution is -2.17. The van der Waals surface area contributed by atoms with E-state index in [1.165, 1.54) is 31.2 Å². The molecule has 0 bridgehead atoms. The first kappa shape index (κ1) is 17.1. The van der Waals surface area contributed by atoms with Gasteiger partial charge in [-0.2, -0.15) is 4.98 Å². The molecule has 1 aliphatic rings. The Morgan fingerprint density at radius 3 is 2.64 bits per heavy atom. The summed E-state index contributed by atoms with van der Waals surface area (Å²) in [6.07, 6.45) is 6.67. The summed E-state index contributed by atoms with van der Waals surface area (Å²) in [5.41, 5.74) is 7.24. The highest BCUT2D eigenvalue weighted by atomic mass is 19.1.